The van der Waals surface area contributed by atoms with E-state index >= 15 is 0 Å². The maximum absolute atomic E-state index is 12.8. The average Bonchev–Trinajstić information content (AvgIpc) is 3.43. The van der Waals surface area contributed by atoms with Gasteiger partial charge in [0.05, 0.1) is 18.2 Å². The molecule has 0 heterocycles. The first-order valence-corrected chi connectivity index (χ1v) is 10.6. The Morgan fingerprint density at radius 2 is 1.73 bits per heavy atom. The van der Waals surface area contributed by atoms with E-state index in [0.29, 0.717) is 12.1 Å². The van der Waals surface area contributed by atoms with Crippen LogP contribution < -0.4 is 4.90 Å². The summed E-state index contributed by atoms with van der Waals surface area (Å²) in [5.41, 5.74) is 0.235. The smallest absolute Gasteiger partial charge is 0.418 e. The SMILES string of the molecule is COC(=O)[C@@]1(c2ccc(Br)cc2)C[C@@H]1/C=C\N(C(=O)OC(C)(C)C)c1ccccc1. The summed E-state index contributed by atoms with van der Waals surface area (Å²) < 4.78 is 11.6. The van der Waals surface area contributed by atoms with E-state index in [1.807, 2.05) is 81.4 Å². The van der Waals surface area contributed by atoms with E-state index in [0.717, 1.165) is 10.0 Å². The lowest BCUT2D eigenvalue weighted by Gasteiger charge is -2.25. The monoisotopic (exact) mass is 471 g/mol. The highest BCUT2D eigenvalue weighted by Crippen LogP contribution is 2.56. The number of hydrogen-bond donors (Lipinski definition) is 0. The molecule has 0 radical (unpaired) electrons. The highest BCUT2D eigenvalue weighted by molar-refractivity contribution is 9.10. The van der Waals surface area contributed by atoms with Crippen LogP contribution in [0.3, 0.4) is 0 Å². The van der Waals surface area contributed by atoms with Gasteiger partial charge in [-0.25, -0.2) is 4.79 Å². The molecule has 0 unspecified atom stereocenters. The van der Waals surface area contributed by atoms with Crippen LogP contribution in [-0.4, -0.2) is 24.8 Å². The molecule has 0 saturated heterocycles. The van der Waals surface area contributed by atoms with Crippen LogP contribution in [0.2, 0.25) is 0 Å². The largest absolute Gasteiger partial charge is 0.468 e. The van der Waals surface area contributed by atoms with Gasteiger partial charge in [0.1, 0.15) is 5.60 Å². The van der Waals surface area contributed by atoms with Crippen LogP contribution in [-0.2, 0) is 19.7 Å². The Kier molecular flexibility index (Phi) is 6.36. The average molecular weight is 472 g/mol. The standard InChI is InChI=1S/C24H26BrNO4/c1-23(2,3)30-22(28)26(20-8-6-5-7-9-20)15-14-18-16-24(18,21(27)29-4)17-10-12-19(25)13-11-17/h5-15,18H,16H2,1-4H3/b15-14-/t18-,24+/m0/s1. The van der Waals surface area contributed by atoms with Gasteiger partial charge in [-0.1, -0.05) is 52.3 Å². The zero-order valence-corrected chi connectivity index (χ0v) is 19.2. The summed E-state index contributed by atoms with van der Waals surface area (Å²) in [7, 11) is 1.40. The first-order chi connectivity index (χ1) is 14.2. The number of hydrogen-bond acceptors (Lipinski definition) is 4. The van der Waals surface area contributed by atoms with Gasteiger partial charge in [0, 0.05) is 16.6 Å². The minimum absolute atomic E-state index is 0.0835. The third-order valence-electron chi connectivity index (χ3n) is 5.02. The molecule has 158 valence electrons. The number of esters is 1. The lowest BCUT2D eigenvalue weighted by Crippen LogP contribution is -2.33. The molecule has 0 N–H and O–H groups in total. The number of rotatable bonds is 5. The second-order valence-electron chi connectivity index (χ2n) is 8.31. The molecule has 1 saturated carbocycles. The number of benzene rings is 2. The van der Waals surface area contributed by atoms with Gasteiger partial charge in [0.2, 0.25) is 0 Å². The predicted octanol–water partition coefficient (Wildman–Crippen LogP) is 5.84. The zero-order chi connectivity index (χ0) is 21.9. The van der Waals surface area contributed by atoms with Gasteiger partial charge in [-0.2, -0.15) is 0 Å². The number of nitrogens with zero attached hydrogens (tertiary/aromatic N) is 1. The van der Waals surface area contributed by atoms with Crippen molar-refractivity contribution in [2.75, 3.05) is 12.0 Å². The highest BCUT2D eigenvalue weighted by Gasteiger charge is 2.61. The minimum Gasteiger partial charge on any atom is -0.468 e. The van der Waals surface area contributed by atoms with Crippen LogP contribution in [0.15, 0.2) is 71.3 Å². The highest BCUT2D eigenvalue weighted by atomic mass is 79.9. The first-order valence-electron chi connectivity index (χ1n) is 9.77. The molecule has 1 amide bonds. The minimum atomic E-state index is -0.734. The molecule has 1 aliphatic rings. The predicted molar refractivity (Wildman–Crippen MR) is 120 cm³/mol. The fourth-order valence-corrected chi connectivity index (χ4v) is 3.74. The lowest BCUT2D eigenvalue weighted by molar-refractivity contribution is -0.144. The number of amides is 1. The van der Waals surface area contributed by atoms with Crippen molar-refractivity contribution in [1.29, 1.82) is 0 Å². The van der Waals surface area contributed by atoms with Gasteiger partial charge in [-0.15, -0.1) is 0 Å². The number of ether oxygens (including phenoxy) is 2. The molecule has 2 atom stereocenters. The van der Waals surface area contributed by atoms with E-state index in [2.05, 4.69) is 15.9 Å². The molecule has 0 bridgehead atoms. The molecule has 3 rings (SSSR count). The molecule has 0 aromatic heterocycles. The van der Waals surface area contributed by atoms with Gasteiger partial charge in [0.15, 0.2) is 0 Å². The summed E-state index contributed by atoms with van der Waals surface area (Å²) >= 11 is 3.43. The van der Waals surface area contributed by atoms with Crippen LogP contribution in [0, 0.1) is 5.92 Å². The number of para-hydroxylation sites is 1. The number of methoxy groups -OCH3 is 1. The van der Waals surface area contributed by atoms with Crippen molar-refractivity contribution in [2.45, 2.75) is 38.2 Å². The molecule has 2 aromatic carbocycles. The summed E-state index contributed by atoms with van der Waals surface area (Å²) in [5, 5.41) is 0. The van der Waals surface area contributed by atoms with E-state index < -0.39 is 17.1 Å². The zero-order valence-electron chi connectivity index (χ0n) is 17.6. The summed E-state index contributed by atoms with van der Waals surface area (Å²) in [6.07, 6.45) is 3.72. The van der Waals surface area contributed by atoms with Crippen molar-refractivity contribution in [2.24, 2.45) is 5.92 Å². The molecule has 2 aromatic rings. The maximum atomic E-state index is 12.8. The Balaban J connectivity index is 1.89. The van der Waals surface area contributed by atoms with Crippen LogP contribution in [0.4, 0.5) is 10.5 Å². The van der Waals surface area contributed by atoms with Crippen molar-refractivity contribution in [3.8, 4) is 0 Å². The van der Waals surface area contributed by atoms with E-state index in [9.17, 15) is 9.59 Å². The molecule has 1 aliphatic carbocycles. The quantitative estimate of drug-likeness (QED) is 0.514. The molecular formula is C24H26BrNO4. The van der Waals surface area contributed by atoms with Crippen molar-refractivity contribution in [3.63, 3.8) is 0 Å². The summed E-state index contributed by atoms with van der Waals surface area (Å²) in [5.74, 6) is -0.359. The molecule has 0 aliphatic heterocycles. The van der Waals surface area contributed by atoms with Crippen LogP contribution >= 0.6 is 15.9 Å². The van der Waals surface area contributed by atoms with E-state index in [4.69, 9.17) is 9.47 Å². The second kappa shape index (κ2) is 8.64. The Labute approximate surface area is 185 Å². The van der Waals surface area contributed by atoms with Crippen molar-refractivity contribution >= 4 is 33.7 Å². The molecule has 6 heteroatoms. The van der Waals surface area contributed by atoms with Gasteiger partial charge < -0.3 is 9.47 Å². The van der Waals surface area contributed by atoms with Crippen LogP contribution in [0.5, 0.6) is 0 Å². The molecule has 0 spiro atoms. The Morgan fingerprint density at radius 1 is 1.10 bits per heavy atom. The third kappa shape index (κ3) is 4.75. The maximum Gasteiger partial charge on any atom is 0.418 e. The van der Waals surface area contributed by atoms with Crippen molar-refractivity contribution < 1.29 is 19.1 Å². The van der Waals surface area contributed by atoms with Crippen LogP contribution in [0.25, 0.3) is 0 Å². The van der Waals surface area contributed by atoms with Crippen molar-refractivity contribution in [3.05, 3.63) is 76.9 Å². The lowest BCUT2D eigenvalue weighted by atomic mass is 9.93. The first kappa shape index (κ1) is 22.1. The number of carbonyl (C=O) groups excluding carboxylic acids is 2. The molecular weight excluding hydrogens is 446 g/mol. The Morgan fingerprint density at radius 3 is 2.30 bits per heavy atom. The van der Waals surface area contributed by atoms with Gasteiger partial charge in [0.25, 0.3) is 0 Å². The van der Waals surface area contributed by atoms with Crippen molar-refractivity contribution in [1.82, 2.24) is 0 Å². The molecule has 1 fully saturated rings. The van der Waals surface area contributed by atoms with E-state index in [1.165, 1.54) is 12.0 Å². The van der Waals surface area contributed by atoms with E-state index in [1.54, 1.807) is 6.20 Å². The number of carbonyl (C=O) groups is 2. The molecule has 5 nitrogen and oxygen atoms in total. The number of halogens is 1. The topological polar surface area (TPSA) is 55.8 Å². The van der Waals surface area contributed by atoms with Gasteiger partial charge in [-0.3, -0.25) is 9.69 Å². The summed E-state index contributed by atoms with van der Waals surface area (Å²) in [6, 6.07) is 17.0. The fraction of sp³-hybridized carbons (Fsp3) is 0.333. The van der Waals surface area contributed by atoms with Gasteiger partial charge >= 0.3 is 12.1 Å². The van der Waals surface area contributed by atoms with E-state index in [-0.39, 0.29) is 11.9 Å². The number of anilines is 1. The summed E-state index contributed by atoms with van der Waals surface area (Å²) in [6.45, 7) is 5.48. The molecule has 30 heavy (non-hydrogen) atoms. The van der Waals surface area contributed by atoms with Gasteiger partial charge in [-0.05, 0) is 57.0 Å². The Hall–Kier alpha value is -2.60. The fourth-order valence-electron chi connectivity index (χ4n) is 3.48. The second-order valence-corrected chi connectivity index (χ2v) is 9.22. The van der Waals surface area contributed by atoms with Crippen LogP contribution in [0.1, 0.15) is 32.8 Å². The summed E-state index contributed by atoms with van der Waals surface area (Å²) in [4.78, 5) is 26.9. The number of allylic oxidation sites excluding steroid dienone is 1. The Bertz CT molecular complexity index is 934. The third-order valence-corrected chi connectivity index (χ3v) is 5.54. The normalized spacial score (nSPS) is 20.6.